The molecule has 2 saturated carbocycles. The summed E-state index contributed by atoms with van der Waals surface area (Å²) in [6, 6.07) is 24.3. The van der Waals surface area contributed by atoms with E-state index in [0.29, 0.717) is 0 Å². The third-order valence-corrected chi connectivity index (χ3v) is 81.9. The van der Waals surface area contributed by atoms with Crippen LogP contribution in [-0.2, 0) is 6.51 Å². The predicted octanol–water partition coefficient (Wildman–Crippen LogP) is 10.1. The first kappa shape index (κ1) is 21.9. The molecule has 10 saturated heterocycles. The first-order valence-corrected chi connectivity index (χ1v) is 26.8. The maximum absolute atomic E-state index is 3.73. The van der Waals surface area contributed by atoms with Crippen molar-refractivity contribution in [3.8, 4) is 0 Å². The summed E-state index contributed by atoms with van der Waals surface area (Å²) < 4.78 is 2.98. The molecule has 2 aromatic rings. The Morgan fingerprint density at radius 1 is 0.625 bits per heavy atom. The van der Waals surface area contributed by atoms with E-state index in [1.54, 1.807) is 62.0 Å². The molecule has 10 aliphatic heterocycles. The van der Waals surface area contributed by atoms with Gasteiger partial charge in [-0.1, -0.05) is 0 Å². The third-order valence-electron chi connectivity index (χ3n) is 22.2. The van der Waals surface area contributed by atoms with Crippen molar-refractivity contribution in [2.75, 3.05) is 0 Å². The van der Waals surface area contributed by atoms with E-state index in [4.69, 9.17) is 0 Å². The average Bonchev–Trinajstić information content (AvgIpc) is 3.96. The first-order valence-electron chi connectivity index (χ1n) is 17.1. The Balaban J connectivity index is 1.04. The van der Waals surface area contributed by atoms with E-state index >= 15 is 0 Å². The van der Waals surface area contributed by atoms with Gasteiger partial charge in [-0.3, -0.25) is 0 Å². The molecule has 0 N–H and O–H groups in total. The average molecular weight is 627 g/mol. The van der Waals surface area contributed by atoms with Gasteiger partial charge in [0.1, 0.15) is 0 Å². The van der Waals surface area contributed by atoms with Gasteiger partial charge < -0.3 is 0 Å². The standard InChI is InChI=1S/C31H40P3.C5H5.Fe/c1-24(34(27-18-10-4-11-19-27)28-20-12-5-13-21-28)31-29(32-25-14-6-2-7-15-25)22-23-30(31)33-26-16-8-3-9-17-26;1-2-4-5-3-1;/h4-5,10-13,18-26,32-33H,2-3,6-9,14-17H2,1H3;1-5H;. The molecular formula is C36H45FeP3. The molecule has 2 aliphatic carbocycles. The first-order chi connectivity index (χ1) is 19.5. The van der Waals surface area contributed by atoms with Crippen molar-refractivity contribution in [1.82, 2.24) is 0 Å². The molecule has 7 unspecified atom stereocenters. The Labute approximate surface area is 236 Å². The van der Waals surface area contributed by atoms with Crippen LogP contribution in [0.1, 0.15) is 71.1 Å². The second-order valence-corrected chi connectivity index (χ2v) is 48.8. The van der Waals surface area contributed by atoms with Gasteiger partial charge >= 0.3 is 237 Å². The molecule has 12 fully saturated rings. The van der Waals surface area contributed by atoms with Crippen molar-refractivity contribution in [1.29, 1.82) is 0 Å². The molecule has 4 heteroatoms. The van der Waals surface area contributed by atoms with Crippen molar-refractivity contribution in [2.45, 2.75) is 134 Å². The Kier molecular flexibility index (Phi) is 2.03. The number of rotatable bonds is 8. The monoisotopic (exact) mass is 626 g/mol. The van der Waals surface area contributed by atoms with Crippen LogP contribution in [0.3, 0.4) is 0 Å². The van der Waals surface area contributed by atoms with Crippen molar-refractivity contribution < 1.29 is 6.51 Å². The van der Waals surface area contributed by atoms with E-state index in [9.17, 15) is 0 Å². The van der Waals surface area contributed by atoms with Crippen LogP contribution in [-0.4, -0.2) is 25.1 Å². The summed E-state index contributed by atoms with van der Waals surface area (Å²) in [7, 11) is 2.58. The molecule has 12 aliphatic rings. The zero-order valence-electron chi connectivity index (χ0n) is 23.9. The normalized spacial score (nSPS) is 68.2. The number of hydrogen-bond acceptors (Lipinski definition) is 0. The van der Waals surface area contributed by atoms with E-state index in [2.05, 4.69) is 67.6 Å². The van der Waals surface area contributed by atoms with Crippen LogP contribution in [0.25, 0.3) is 0 Å². The molecule has 14 rings (SSSR count). The quantitative estimate of drug-likeness (QED) is 0.202. The number of fused-ring (bicyclic) bond motifs is 10. The van der Waals surface area contributed by atoms with Gasteiger partial charge in [-0.05, 0) is 0 Å². The second-order valence-electron chi connectivity index (χ2n) is 18.6. The molecular weight excluding hydrogens is 581 g/mol. The van der Waals surface area contributed by atoms with E-state index in [-0.39, 0.29) is 7.92 Å². The van der Waals surface area contributed by atoms with Gasteiger partial charge in [-0.2, -0.15) is 0 Å². The predicted molar refractivity (Wildman–Crippen MR) is 173 cm³/mol. The molecule has 0 bridgehead atoms. The fourth-order valence-corrected chi connectivity index (χ4v) is 135. The van der Waals surface area contributed by atoms with Gasteiger partial charge in [-0.15, -0.1) is 0 Å². The number of benzene rings is 2. The Hall–Kier alpha value is 0.249. The zero-order chi connectivity index (χ0) is 25.9. The van der Waals surface area contributed by atoms with Crippen LogP contribution in [0, 0.1) is 0 Å². The Bertz CT molecular complexity index is 1800. The SMILES string of the molecule is CC(P(c1ccccc1)c1ccccc1)[C]12[C]3(PC4CCCCC4)[CH]4[CH]5[C@]1(PC1CCCCC1)[Fe]45321678[CH]2[CH]1[CH]6[CH]7[CH]28. The van der Waals surface area contributed by atoms with Crippen LogP contribution in [0.5, 0.6) is 0 Å². The molecule has 1 spiro atoms. The summed E-state index contributed by atoms with van der Waals surface area (Å²) in [5, 5.41) is 3.44. The van der Waals surface area contributed by atoms with E-state index in [1.807, 2.05) is 0 Å². The minimum atomic E-state index is -3.73. The minimum absolute atomic E-state index is 0.284. The molecule has 0 aromatic heterocycles. The Morgan fingerprint density at radius 2 is 1.02 bits per heavy atom. The van der Waals surface area contributed by atoms with Gasteiger partial charge in [0.15, 0.2) is 0 Å². The van der Waals surface area contributed by atoms with Gasteiger partial charge in [0.2, 0.25) is 0 Å². The van der Waals surface area contributed by atoms with Crippen LogP contribution in [0.4, 0.5) is 0 Å². The summed E-state index contributed by atoms with van der Waals surface area (Å²) >= 11 is 0. The molecule has 2 aromatic carbocycles. The van der Waals surface area contributed by atoms with Crippen molar-refractivity contribution >= 4 is 35.7 Å². The molecule has 212 valence electrons. The Morgan fingerprint density at radius 3 is 1.40 bits per heavy atom. The molecule has 0 amide bonds. The third kappa shape index (κ3) is 0.585. The van der Waals surface area contributed by atoms with Gasteiger partial charge in [-0.25, -0.2) is 0 Å². The van der Waals surface area contributed by atoms with Gasteiger partial charge in [0.25, 0.3) is 0 Å². The van der Waals surface area contributed by atoms with Gasteiger partial charge in [0, 0.05) is 0 Å². The molecule has 0 nitrogen and oxygen atoms in total. The van der Waals surface area contributed by atoms with Crippen LogP contribution < -0.4 is 10.6 Å². The maximum atomic E-state index is 2.95. The van der Waals surface area contributed by atoms with E-state index in [1.165, 1.54) is 63.7 Å². The fourth-order valence-electron chi connectivity index (χ4n) is 24.2. The van der Waals surface area contributed by atoms with Crippen molar-refractivity contribution in [2.24, 2.45) is 0 Å². The van der Waals surface area contributed by atoms with Crippen molar-refractivity contribution in [3.63, 3.8) is 0 Å². The zero-order valence-corrected chi connectivity index (χ0v) is 27.9. The molecule has 40 heavy (non-hydrogen) atoms. The fraction of sp³-hybridized carbons (Fsp3) is 0.667. The molecule has 8 atom stereocenters. The molecule has 0 radical (unpaired) electrons. The summed E-state index contributed by atoms with van der Waals surface area (Å²) in [5.41, 5.74) is 3.25. The van der Waals surface area contributed by atoms with E-state index < -0.39 is 6.51 Å². The topological polar surface area (TPSA) is 0 Å². The van der Waals surface area contributed by atoms with Crippen LogP contribution in [0.15, 0.2) is 60.7 Å². The molecule has 10 heterocycles. The second kappa shape index (κ2) is 3.72. The number of hydrogen-bond donors (Lipinski definition) is 0. The summed E-state index contributed by atoms with van der Waals surface area (Å²) in [6.45, 7) is -0.774. The van der Waals surface area contributed by atoms with E-state index in [0.717, 1.165) is 29.4 Å². The summed E-state index contributed by atoms with van der Waals surface area (Å²) in [4.78, 5) is 10.00. The van der Waals surface area contributed by atoms with Crippen molar-refractivity contribution in [3.05, 3.63) is 60.7 Å². The van der Waals surface area contributed by atoms with Crippen LogP contribution in [0.2, 0.25) is 38.0 Å². The van der Waals surface area contributed by atoms with Gasteiger partial charge in [0.05, 0.1) is 0 Å². The summed E-state index contributed by atoms with van der Waals surface area (Å²) in [6.07, 6.45) is 15.8. The van der Waals surface area contributed by atoms with Crippen LogP contribution >= 0.6 is 25.1 Å². The summed E-state index contributed by atoms with van der Waals surface area (Å²) in [5.74, 6) is 0.